The number of piperidine rings is 1. The summed E-state index contributed by atoms with van der Waals surface area (Å²) >= 11 is 0. The zero-order chi connectivity index (χ0) is 17.6. The summed E-state index contributed by atoms with van der Waals surface area (Å²) in [6.45, 7) is 7.76. The van der Waals surface area contributed by atoms with E-state index in [4.69, 9.17) is 0 Å². The van der Waals surface area contributed by atoms with Crippen molar-refractivity contribution in [3.05, 3.63) is 30.1 Å². The number of piperazine rings is 1. The molecular weight excluding hydrogens is 317 g/mol. The predicted octanol–water partition coefficient (Wildman–Crippen LogP) is 3.13. The molecule has 0 spiro atoms. The molecule has 0 saturated carbocycles. The van der Waals surface area contributed by atoms with E-state index in [1.54, 1.807) is 0 Å². The van der Waals surface area contributed by atoms with Crippen LogP contribution in [0.3, 0.4) is 0 Å². The van der Waals surface area contributed by atoms with E-state index < -0.39 is 0 Å². The van der Waals surface area contributed by atoms with E-state index in [1.807, 2.05) is 12.1 Å². The fourth-order valence-corrected chi connectivity index (χ4v) is 4.03. The third-order valence-electron chi connectivity index (χ3n) is 5.62. The molecule has 1 amide bonds. The smallest absolute Gasteiger partial charge is 0.224 e. The number of anilines is 1. The van der Waals surface area contributed by atoms with Gasteiger partial charge in [-0.15, -0.1) is 0 Å². The van der Waals surface area contributed by atoms with Crippen LogP contribution >= 0.6 is 0 Å². The maximum atomic E-state index is 13.0. The molecule has 2 aliphatic rings. The molecule has 1 aromatic rings. The van der Waals surface area contributed by atoms with Crippen molar-refractivity contribution < 1.29 is 9.18 Å². The molecular formula is C20H30FN3O. The summed E-state index contributed by atoms with van der Waals surface area (Å²) < 4.78 is 13.0. The van der Waals surface area contributed by atoms with Crippen molar-refractivity contribution in [3.63, 3.8) is 0 Å². The lowest BCUT2D eigenvalue weighted by Crippen LogP contribution is -2.48. The van der Waals surface area contributed by atoms with Gasteiger partial charge in [0.15, 0.2) is 0 Å². The van der Waals surface area contributed by atoms with Crippen molar-refractivity contribution in [2.24, 2.45) is 0 Å². The van der Waals surface area contributed by atoms with Crippen LogP contribution in [0.15, 0.2) is 24.3 Å². The van der Waals surface area contributed by atoms with Crippen molar-refractivity contribution >= 4 is 11.6 Å². The molecule has 25 heavy (non-hydrogen) atoms. The summed E-state index contributed by atoms with van der Waals surface area (Å²) in [7, 11) is 0. The Morgan fingerprint density at radius 3 is 2.48 bits per heavy atom. The van der Waals surface area contributed by atoms with Crippen LogP contribution in [0, 0.1) is 5.82 Å². The third kappa shape index (κ3) is 4.72. The lowest BCUT2D eigenvalue weighted by Gasteiger charge is -2.38. The van der Waals surface area contributed by atoms with Crippen molar-refractivity contribution in [2.45, 2.75) is 45.1 Å². The van der Waals surface area contributed by atoms with Crippen LogP contribution in [0.1, 0.15) is 39.0 Å². The Kier molecular flexibility index (Phi) is 6.29. The Morgan fingerprint density at radius 1 is 1.08 bits per heavy atom. The molecule has 2 fully saturated rings. The first-order chi connectivity index (χ1) is 12.2. The normalized spacial score (nSPS) is 22.2. The zero-order valence-corrected chi connectivity index (χ0v) is 15.3. The van der Waals surface area contributed by atoms with E-state index in [0.717, 1.165) is 57.8 Å². The average molecular weight is 347 g/mol. The molecule has 1 aromatic carbocycles. The zero-order valence-electron chi connectivity index (χ0n) is 15.3. The van der Waals surface area contributed by atoms with Gasteiger partial charge in [-0.05, 0) is 49.9 Å². The van der Waals surface area contributed by atoms with Crippen LogP contribution in [-0.4, -0.2) is 61.0 Å². The van der Waals surface area contributed by atoms with Crippen LogP contribution < -0.4 is 4.90 Å². The van der Waals surface area contributed by atoms with Gasteiger partial charge in [-0.1, -0.05) is 6.92 Å². The van der Waals surface area contributed by atoms with Gasteiger partial charge in [-0.2, -0.15) is 0 Å². The molecule has 0 radical (unpaired) electrons. The van der Waals surface area contributed by atoms with Crippen molar-refractivity contribution in [1.29, 1.82) is 0 Å². The second-order valence-electron chi connectivity index (χ2n) is 7.20. The predicted molar refractivity (Wildman–Crippen MR) is 99.3 cm³/mol. The van der Waals surface area contributed by atoms with Crippen LogP contribution in [-0.2, 0) is 4.79 Å². The minimum Gasteiger partial charge on any atom is -0.369 e. The Morgan fingerprint density at radius 2 is 1.80 bits per heavy atom. The molecule has 2 aliphatic heterocycles. The number of halogens is 1. The Bertz CT molecular complexity index is 555. The molecule has 0 N–H and O–H groups in total. The van der Waals surface area contributed by atoms with Crippen molar-refractivity contribution in [1.82, 2.24) is 9.80 Å². The number of benzene rings is 1. The SMILES string of the molecule is CCC1CCCCN1C(=O)CCN1CCN(c2ccc(F)cc2)CC1. The molecule has 4 nitrogen and oxygen atoms in total. The highest BCUT2D eigenvalue weighted by atomic mass is 19.1. The van der Waals surface area contributed by atoms with Crippen LogP contribution in [0.25, 0.3) is 0 Å². The fourth-order valence-electron chi connectivity index (χ4n) is 4.03. The lowest BCUT2D eigenvalue weighted by molar-refractivity contribution is -0.135. The third-order valence-corrected chi connectivity index (χ3v) is 5.62. The second-order valence-corrected chi connectivity index (χ2v) is 7.20. The van der Waals surface area contributed by atoms with Gasteiger partial charge in [0, 0.05) is 57.4 Å². The molecule has 3 rings (SSSR count). The van der Waals surface area contributed by atoms with Gasteiger partial charge in [0.05, 0.1) is 0 Å². The average Bonchev–Trinajstić information content (AvgIpc) is 2.67. The van der Waals surface area contributed by atoms with Gasteiger partial charge in [0.2, 0.25) is 5.91 Å². The molecule has 1 unspecified atom stereocenters. The first-order valence-corrected chi connectivity index (χ1v) is 9.69. The fraction of sp³-hybridized carbons (Fsp3) is 0.650. The van der Waals surface area contributed by atoms with E-state index in [0.29, 0.717) is 18.4 Å². The molecule has 0 aliphatic carbocycles. The second kappa shape index (κ2) is 8.65. The van der Waals surface area contributed by atoms with Gasteiger partial charge < -0.3 is 9.80 Å². The summed E-state index contributed by atoms with van der Waals surface area (Å²) in [6.07, 6.45) is 5.28. The minimum atomic E-state index is -0.191. The number of carbonyl (C=O) groups is 1. The number of carbonyl (C=O) groups excluding carboxylic acids is 1. The van der Waals surface area contributed by atoms with Crippen molar-refractivity contribution in [2.75, 3.05) is 44.2 Å². The topological polar surface area (TPSA) is 26.8 Å². The quantitative estimate of drug-likeness (QED) is 0.819. The molecule has 0 bridgehead atoms. The van der Waals surface area contributed by atoms with E-state index in [-0.39, 0.29) is 5.82 Å². The Balaban J connectivity index is 1.43. The Hall–Kier alpha value is -1.62. The molecule has 0 aromatic heterocycles. The number of rotatable bonds is 5. The van der Waals surface area contributed by atoms with E-state index >= 15 is 0 Å². The van der Waals surface area contributed by atoms with Crippen molar-refractivity contribution in [3.8, 4) is 0 Å². The van der Waals surface area contributed by atoms with Gasteiger partial charge >= 0.3 is 0 Å². The Labute approximate surface area is 150 Å². The summed E-state index contributed by atoms with van der Waals surface area (Å²) in [5.74, 6) is 0.136. The van der Waals surface area contributed by atoms with Crippen LogP contribution in [0.4, 0.5) is 10.1 Å². The first kappa shape index (κ1) is 18.2. The molecule has 2 heterocycles. The monoisotopic (exact) mass is 347 g/mol. The molecule has 1 atom stereocenters. The first-order valence-electron chi connectivity index (χ1n) is 9.69. The molecule has 138 valence electrons. The van der Waals surface area contributed by atoms with Gasteiger partial charge in [-0.3, -0.25) is 9.69 Å². The maximum Gasteiger partial charge on any atom is 0.224 e. The highest BCUT2D eigenvalue weighted by Crippen LogP contribution is 2.21. The largest absolute Gasteiger partial charge is 0.369 e. The lowest BCUT2D eigenvalue weighted by atomic mass is 9.99. The number of amides is 1. The standard InChI is InChI=1S/C20H30FN3O/c1-2-18-5-3-4-11-24(18)20(25)10-12-22-13-15-23(16-14-22)19-8-6-17(21)7-9-19/h6-9,18H,2-5,10-16H2,1H3. The number of hydrogen-bond acceptors (Lipinski definition) is 3. The van der Waals surface area contributed by atoms with Gasteiger partial charge in [0.25, 0.3) is 0 Å². The number of likely N-dealkylation sites (tertiary alicyclic amines) is 1. The summed E-state index contributed by atoms with van der Waals surface area (Å²) in [5.41, 5.74) is 1.08. The number of hydrogen-bond donors (Lipinski definition) is 0. The highest BCUT2D eigenvalue weighted by Gasteiger charge is 2.26. The summed E-state index contributed by atoms with van der Waals surface area (Å²) in [5, 5.41) is 0. The molecule has 2 saturated heterocycles. The summed E-state index contributed by atoms with van der Waals surface area (Å²) in [4.78, 5) is 19.4. The van der Waals surface area contributed by atoms with Gasteiger partial charge in [-0.25, -0.2) is 4.39 Å². The van der Waals surface area contributed by atoms with Crippen LogP contribution in [0.5, 0.6) is 0 Å². The van der Waals surface area contributed by atoms with E-state index in [1.165, 1.54) is 25.0 Å². The van der Waals surface area contributed by atoms with Gasteiger partial charge in [0.1, 0.15) is 5.82 Å². The van der Waals surface area contributed by atoms with E-state index in [2.05, 4.69) is 21.6 Å². The summed E-state index contributed by atoms with van der Waals surface area (Å²) in [6, 6.07) is 7.18. The van der Waals surface area contributed by atoms with E-state index in [9.17, 15) is 9.18 Å². The van der Waals surface area contributed by atoms with Crippen LogP contribution in [0.2, 0.25) is 0 Å². The maximum absolute atomic E-state index is 13.0. The number of nitrogens with zero attached hydrogens (tertiary/aromatic N) is 3. The molecule has 5 heteroatoms. The minimum absolute atomic E-state index is 0.191. The highest BCUT2D eigenvalue weighted by molar-refractivity contribution is 5.76.